The molecule has 0 amide bonds. The summed E-state index contributed by atoms with van der Waals surface area (Å²) in [7, 11) is 0. The molecule has 0 aliphatic heterocycles. The van der Waals surface area contributed by atoms with E-state index in [4.69, 9.17) is 9.97 Å². The number of benzene rings is 5. The summed E-state index contributed by atoms with van der Waals surface area (Å²) in [5.41, 5.74) is 17.2. The van der Waals surface area contributed by atoms with Gasteiger partial charge in [-0.2, -0.15) is 0 Å². The Balaban J connectivity index is 1.43. The lowest BCUT2D eigenvalue weighted by Gasteiger charge is -2.31. The van der Waals surface area contributed by atoms with Crippen LogP contribution in [0.3, 0.4) is 0 Å². The Hall–Kier alpha value is -4.56. The zero-order valence-electron chi connectivity index (χ0n) is 23.3. The minimum Gasteiger partial charge on any atom is -0.252 e. The Morgan fingerprint density at radius 1 is 0.450 bits per heavy atom. The lowest BCUT2D eigenvalue weighted by Crippen LogP contribution is -2.24. The maximum atomic E-state index is 5.00. The van der Waals surface area contributed by atoms with Gasteiger partial charge in [0.1, 0.15) is 0 Å². The molecule has 1 heterocycles. The lowest BCUT2D eigenvalue weighted by atomic mass is 9.72. The molecule has 192 valence electrons. The van der Waals surface area contributed by atoms with Gasteiger partial charge in [0, 0.05) is 34.4 Å². The highest BCUT2D eigenvalue weighted by atomic mass is 14.8. The third-order valence-corrected chi connectivity index (χ3v) is 9.31. The van der Waals surface area contributed by atoms with Crippen LogP contribution < -0.4 is 0 Å². The van der Waals surface area contributed by atoms with Crippen molar-refractivity contribution in [3.63, 3.8) is 0 Å². The summed E-state index contributed by atoms with van der Waals surface area (Å²) in [4.78, 5) is 10.00. The van der Waals surface area contributed by atoms with Crippen molar-refractivity contribution in [3.05, 3.63) is 132 Å². The van der Waals surface area contributed by atoms with Gasteiger partial charge in [-0.05, 0) is 67.8 Å². The first kappa shape index (κ1) is 23.3. The van der Waals surface area contributed by atoms with Crippen LogP contribution in [0, 0.1) is 0 Å². The van der Waals surface area contributed by atoms with Crippen LogP contribution >= 0.6 is 0 Å². The zero-order valence-corrected chi connectivity index (χ0v) is 23.3. The van der Waals surface area contributed by atoms with Crippen LogP contribution in [0.15, 0.2) is 109 Å². The Bertz CT molecular complexity index is 1840. The van der Waals surface area contributed by atoms with E-state index in [1.165, 1.54) is 66.8 Å². The van der Waals surface area contributed by atoms with Gasteiger partial charge in [-0.1, -0.05) is 113 Å². The van der Waals surface area contributed by atoms with E-state index in [0.29, 0.717) is 0 Å². The van der Waals surface area contributed by atoms with E-state index in [1.807, 2.05) is 12.4 Å². The molecule has 2 nitrogen and oxygen atoms in total. The summed E-state index contributed by atoms with van der Waals surface area (Å²) < 4.78 is 0. The highest BCUT2D eigenvalue weighted by Crippen LogP contribution is 2.61. The number of hydrogen-bond donors (Lipinski definition) is 0. The van der Waals surface area contributed by atoms with Gasteiger partial charge in [0.2, 0.25) is 0 Å². The molecule has 2 aliphatic carbocycles. The fourth-order valence-electron chi connectivity index (χ4n) is 7.41. The Morgan fingerprint density at radius 2 is 0.850 bits per heavy atom. The lowest BCUT2D eigenvalue weighted by molar-refractivity contribution is 0.602. The second kappa shape index (κ2) is 7.99. The van der Waals surface area contributed by atoms with Crippen molar-refractivity contribution < 1.29 is 0 Å². The summed E-state index contributed by atoms with van der Waals surface area (Å²) in [5.74, 6) is 0. The summed E-state index contributed by atoms with van der Waals surface area (Å²) in [6, 6.07) is 35.3. The highest BCUT2D eigenvalue weighted by Gasteiger charge is 2.48. The van der Waals surface area contributed by atoms with E-state index in [9.17, 15) is 0 Å². The fraction of sp³-hybridized carbons (Fsp3) is 0.158. The zero-order chi connectivity index (χ0) is 27.2. The van der Waals surface area contributed by atoms with Gasteiger partial charge in [-0.25, -0.2) is 0 Å². The average molecular weight is 515 g/mol. The van der Waals surface area contributed by atoms with E-state index in [2.05, 4.69) is 125 Å². The summed E-state index contributed by atoms with van der Waals surface area (Å²) in [6.45, 7) is 9.57. The molecule has 1 aromatic heterocycles. The van der Waals surface area contributed by atoms with Gasteiger partial charge < -0.3 is 0 Å². The fourth-order valence-corrected chi connectivity index (χ4v) is 7.41. The second-order valence-corrected chi connectivity index (χ2v) is 12.3. The van der Waals surface area contributed by atoms with E-state index >= 15 is 0 Å². The average Bonchev–Trinajstić information content (AvgIpc) is 3.37. The standard InChI is InChI=1S/C38H30N2/c1-37(2)29-21-25(23-11-7-5-8-12-23)15-17-27(29)31-33(37)34-32(36-35(31)39-19-20-40-36)28-18-16-26(22-30(28)38(34,3)4)24-13-9-6-10-14-24/h5-22H,1-4H3. The first-order chi connectivity index (χ1) is 19.4. The molecule has 5 aromatic carbocycles. The molecule has 0 radical (unpaired) electrons. The van der Waals surface area contributed by atoms with Crippen LogP contribution in [-0.2, 0) is 10.8 Å². The normalized spacial score (nSPS) is 15.4. The summed E-state index contributed by atoms with van der Waals surface area (Å²) in [5, 5.41) is 0. The number of rotatable bonds is 2. The van der Waals surface area contributed by atoms with E-state index in [-0.39, 0.29) is 10.8 Å². The Morgan fingerprint density at radius 3 is 1.25 bits per heavy atom. The quantitative estimate of drug-likeness (QED) is 0.230. The number of aromatic nitrogens is 2. The van der Waals surface area contributed by atoms with Gasteiger partial charge >= 0.3 is 0 Å². The number of fused-ring (bicyclic) bond motifs is 10. The van der Waals surface area contributed by atoms with Gasteiger partial charge in [-0.15, -0.1) is 0 Å². The van der Waals surface area contributed by atoms with Crippen molar-refractivity contribution in [2.24, 2.45) is 0 Å². The molecule has 2 aliphatic rings. The number of hydrogen-bond acceptors (Lipinski definition) is 2. The van der Waals surface area contributed by atoms with E-state index < -0.39 is 0 Å². The largest absolute Gasteiger partial charge is 0.252 e. The molecule has 2 heteroatoms. The maximum Gasteiger partial charge on any atom is 0.0974 e. The molecule has 0 bridgehead atoms. The molecule has 0 saturated heterocycles. The monoisotopic (exact) mass is 514 g/mol. The second-order valence-electron chi connectivity index (χ2n) is 12.3. The predicted molar refractivity (Wildman–Crippen MR) is 166 cm³/mol. The molecule has 0 spiro atoms. The van der Waals surface area contributed by atoms with E-state index in [1.54, 1.807) is 0 Å². The van der Waals surface area contributed by atoms with Crippen LogP contribution in [-0.4, -0.2) is 9.97 Å². The third-order valence-electron chi connectivity index (χ3n) is 9.31. The van der Waals surface area contributed by atoms with Crippen molar-refractivity contribution in [1.82, 2.24) is 9.97 Å². The van der Waals surface area contributed by atoms with Gasteiger partial charge in [0.05, 0.1) is 11.0 Å². The first-order valence-corrected chi connectivity index (χ1v) is 14.1. The van der Waals surface area contributed by atoms with Crippen LogP contribution in [0.4, 0.5) is 0 Å². The van der Waals surface area contributed by atoms with Crippen molar-refractivity contribution in [2.45, 2.75) is 38.5 Å². The van der Waals surface area contributed by atoms with E-state index in [0.717, 1.165) is 11.0 Å². The molecule has 0 fully saturated rings. The van der Waals surface area contributed by atoms with Crippen molar-refractivity contribution >= 4 is 11.0 Å². The van der Waals surface area contributed by atoms with Crippen molar-refractivity contribution in [3.8, 4) is 44.5 Å². The van der Waals surface area contributed by atoms with Gasteiger partial charge in [0.25, 0.3) is 0 Å². The molecule has 8 rings (SSSR count). The minimum atomic E-state index is -0.188. The topological polar surface area (TPSA) is 25.8 Å². The molecular formula is C38H30N2. The molecule has 0 unspecified atom stereocenters. The first-order valence-electron chi connectivity index (χ1n) is 14.1. The molecule has 6 aromatic rings. The predicted octanol–water partition coefficient (Wildman–Crippen LogP) is 9.58. The maximum absolute atomic E-state index is 5.00. The van der Waals surface area contributed by atoms with Gasteiger partial charge in [-0.3, -0.25) is 9.97 Å². The van der Waals surface area contributed by atoms with Crippen molar-refractivity contribution in [1.29, 1.82) is 0 Å². The van der Waals surface area contributed by atoms with Crippen LogP contribution in [0.1, 0.15) is 49.9 Å². The SMILES string of the molecule is CC1(C)c2cc(-c3ccccc3)ccc2-c2c1c1c(c3nccnc23)-c2ccc(-c3ccccc3)cc2C1(C)C. The van der Waals surface area contributed by atoms with Crippen LogP contribution in [0.2, 0.25) is 0 Å². The van der Waals surface area contributed by atoms with Crippen LogP contribution in [0.25, 0.3) is 55.5 Å². The molecular weight excluding hydrogens is 484 g/mol. The smallest absolute Gasteiger partial charge is 0.0974 e. The van der Waals surface area contributed by atoms with Gasteiger partial charge in [0.15, 0.2) is 0 Å². The molecule has 40 heavy (non-hydrogen) atoms. The number of nitrogens with zero attached hydrogens (tertiary/aromatic N) is 2. The Labute approximate surface area is 235 Å². The molecule has 0 saturated carbocycles. The summed E-state index contributed by atoms with van der Waals surface area (Å²) in [6.07, 6.45) is 3.69. The Kier molecular flexibility index (Phi) is 4.66. The third kappa shape index (κ3) is 2.99. The summed E-state index contributed by atoms with van der Waals surface area (Å²) >= 11 is 0. The van der Waals surface area contributed by atoms with Crippen molar-refractivity contribution in [2.75, 3.05) is 0 Å². The minimum absolute atomic E-state index is 0.188. The molecule has 0 atom stereocenters. The molecule has 0 N–H and O–H groups in total. The van der Waals surface area contributed by atoms with Crippen LogP contribution in [0.5, 0.6) is 0 Å². The highest BCUT2D eigenvalue weighted by molar-refractivity contribution is 6.10.